The van der Waals surface area contributed by atoms with Gasteiger partial charge in [-0.1, -0.05) is 0 Å². The molecule has 0 saturated carbocycles. The largest absolute Gasteiger partial charge is 0.494 e. The van der Waals surface area contributed by atoms with Gasteiger partial charge in [0.1, 0.15) is 5.82 Å². The molecule has 0 heterocycles. The molecule has 0 amide bonds. The van der Waals surface area contributed by atoms with Gasteiger partial charge in [-0.3, -0.25) is 4.79 Å². The predicted octanol–water partition coefficient (Wildman–Crippen LogP) is 1.60. The molecule has 0 saturated heterocycles. The van der Waals surface area contributed by atoms with Gasteiger partial charge in [0.05, 0.1) is 13.5 Å². The first-order chi connectivity index (χ1) is 6.56. The first kappa shape index (κ1) is 10.4. The number of hydrogen-bond donors (Lipinski definition) is 1. The molecule has 3 nitrogen and oxygen atoms in total. The van der Waals surface area contributed by atoms with Crippen LogP contribution in [0.25, 0.3) is 0 Å². The number of rotatable bonds is 3. The quantitative estimate of drug-likeness (QED) is 0.809. The van der Waals surface area contributed by atoms with Crippen LogP contribution in [0.2, 0.25) is 0 Å². The molecule has 0 bridgehead atoms. The number of hydrogen-bond acceptors (Lipinski definition) is 2. The number of halogens is 2. The van der Waals surface area contributed by atoms with Crippen molar-refractivity contribution in [1.82, 2.24) is 0 Å². The summed E-state index contributed by atoms with van der Waals surface area (Å²) in [5.74, 6) is -3.31. The van der Waals surface area contributed by atoms with E-state index < -0.39 is 29.6 Å². The number of aliphatic carboxylic acids is 1. The van der Waals surface area contributed by atoms with E-state index in [0.29, 0.717) is 0 Å². The van der Waals surface area contributed by atoms with Crippen molar-refractivity contribution < 1.29 is 23.4 Å². The van der Waals surface area contributed by atoms with Crippen LogP contribution in [-0.2, 0) is 11.2 Å². The highest BCUT2D eigenvalue weighted by Gasteiger charge is 2.16. The second-order valence-electron chi connectivity index (χ2n) is 2.61. The van der Waals surface area contributed by atoms with Crippen molar-refractivity contribution in [3.63, 3.8) is 0 Å². The zero-order valence-electron chi connectivity index (χ0n) is 7.38. The summed E-state index contributed by atoms with van der Waals surface area (Å²) in [6.07, 6.45) is -0.700. The van der Waals surface area contributed by atoms with Crippen molar-refractivity contribution in [3.05, 3.63) is 29.3 Å². The minimum atomic E-state index is -1.30. The van der Waals surface area contributed by atoms with Gasteiger partial charge >= 0.3 is 5.97 Å². The molecule has 1 aromatic rings. The van der Waals surface area contributed by atoms with Gasteiger partial charge in [0.15, 0.2) is 11.6 Å². The Labute approximate surface area is 78.9 Å². The number of carbonyl (C=O) groups is 1. The van der Waals surface area contributed by atoms with E-state index in [1.165, 1.54) is 7.11 Å². The average molecular weight is 202 g/mol. The molecule has 0 atom stereocenters. The molecule has 76 valence electrons. The van der Waals surface area contributed by atoms with Gasteiger partial charge in [-0.15, -0.1) is 0 Å². The van der Waals surface area contributed by atoms with Crippen molar-refractivity contribution in [1.29, 1.82) is 0 Å². The van der Waals surface area contributed by atoms with Gasteiger partial charge in [0, 0.05) is 5.56 Å². The minimum absolute atomic E-state index is 0.164. The summed E-state index contributed by atoms with van der Waals surface area (Å²) in [6.45, 7) is 0. The lowest BCUT2D eigenvalue weighted by molar-refractivity contribution is -0.136. The molecular weight excluding hydrogens is 194 g/mol. The van der Waals surface area contributed by atoms with Crippen LogP contribution in [0, 0.1) is 11.6 Å². The van der Waals surface area contributed by atoms with Crippen LogP contribution in [-0.4, -0.2) is 18.2 Å². The highest BCUT2D eigenvalue weighted by Crippen LogP contribution is 2.23. The number of benzene rings is 1. The Morgan fingerprint density at radius 1 is 1.50 bits per heavy atom. The molecule has 0 radical (unpaired) electrons. The smallest absolute Gasteiger partial charge is 0.308 e. The van der Waals surface area contributed by atoms with Gasteiger partial charge in [-0.05, 0) is 12.1 Å². The molecule has 0 spiro atoms. The molecule has 0 aliphatic heterocycles. The lowest BCUT2D eigenvalue weighted by Gasteiger charge is -2.06. The molecule has 0 aromatic heterocycles. The third kappa shape index (κ3) is 1.99. The fourth-order valence-electron chi connectivity index (χ4n) is 1.05. The number of carboxylic acid groups (broad SMARTS) is 1. The lowest BCUT2D eigenvalue weighted by atomic mass is 10.1. The molecule has 0 aliphatic carbocycles. The maximum absolute atomic E-state index is 13.3. The van der Waals surface area contributed by atoms with E-state index in [2.05, 4.69) is 4.74 Å². The van der Waals surface area contributed by atoms with Crippen molar-refractivity contribution >= 4 is 5.97 Å². The molecule has 1 aromatic carbocycles. The van der Waals surface area contributed by atoms with Crippen LogP contribution < -0.4 is 4.74 Å². The average Bonchev–Trinajstić information content (AvgIpc) is 2.12. The highest BCUT2D eigenvalue weighted by molar-refractivity contribution is 5.70. The Kier molecular flexibility index (Phi) is 3.01. The molecule has 5 heteroatoms. The predicted molar refractivity (Wildman–Crippen MR) is 44.2 cm³/mol. The third-order valence-electron chi connectivity index (χ3n) is 1.70. The van der Waals surface area contributed by atoms with Gasteiger partial charge in [0.2, 0.25) is 0 Å². The second-order valence-corrected chi connectivity index (χ2v) is 2.61. The number of ether oxygens (including phenoxy) is 1. The first-order valence-electron chi connectivity index (χ1n) is 3.79. The van der Waals surface area contributed by atoms with Crippen molar-refractivity contribution in [2.24, 2.45) is 0 Å². The standard InChI is InChI=1S/C9H8F2O3/c1-14-7-3-2-6(10)5(9(7)11)4-8(12)13/h2-3H,4H2,1H3,(H,12,13). The van der Waals surface area contributed by atoms with Crippen LogP contribution in [0.15, 0.2) is 12.1 Å². The zero-order chi connectivity index (χ0) is 10.7. The minimum Gasteiger partial charge on any atom is -0.494 e. The van der Waals surface area contributed by atoms with Crippen molar-refractivity contribution in [2.75, 3.05) is 7.11 Å². The Hall–Kier alpha value is -1.65. The van der Waals surface area contributed by atoms with E-state index in [1.807, 2.05) is 0 Å². The van der Waals surface area contributed by atoms with E-state index in [9.17, 15) is 13.6 Å². The van der Waals surface area contributed by atoms with Gasteiger partial charge in [-0.25, -0.2) is 8.78 Å². The molecule has 14 heavy (non-hydrogen) atoms. The van der Waals surface area contributed by atoms with Gasteiger partial charge < -0.3 is 9.84 Å². The van der Waals surface area contributed by atoms with Crippen LogP contribution in [0.5, 0.6) is 5.75 Å². The van der Waals surface area contributed by atoms with Gasteiger partial charge in [-0.2, -0.15) is 0 Å². The topological polar surface area (TPSA) is 46.5 Å². The normalized spacial score (nSPS) is 9.93. The fourth-order valence-corrected chi connectivity index (χ4v) is 1.05. The van der Waals surface area contributed by atoms with Crippen LogP contribution in [0.3, 0.4) is 0 Å². The Morgan fingerprint density at radius 3 is 2.64 bits per heavy atom. The van der Waals surface area contributed by atoms with E-state index in [1.54, 1.807) is 0 Å². The van der Waals surface area contributed by atoms with Crippen LogP contribution in [0.4, 0.5) is 8.78 Å². The van der Waals surface area contributed by atoms with Crippen molar-refractivity contribution in [2.45, 2.75) is 6.42 Å². The third-order valence-corrected chi connectivity index (χ3v) is 1.70. The maximum atomic E-state index is 13.3. The summed E-state index contributed by atoms with van der Waals surface area (Å²) < 4.78 is 30.8. The summed E-state index contributed by atoms with van der Waals surface area (Å²) in [4.78, 5) is 10.3. The van der Waals surface area contributed by atoms with E-state index in [-0.39, 0.29) is 5.75 Å². The van der Waals surface area contributed by atoms with Crippen LogP contribution >= 0.6 is 0 Å². The Morgan fingerprint density at radius 2 is 2.14 bits per heavy atom. The first-order valence-corrected chi connectivity index (χ1v) is 3.79. The van der Waals surface area contributed by atoms with E-state index >= 15 is 0 Å². The Balaban J connectivity index is 3.18. The van der Waals surface area contributed by atoms with Crippen LogP contribution in [0.1, 0.15) is 5.56 Å². The van der Waals surface area contributed by atoms with Crippen molar-refractivity contribution in [3.8, 4) is 5.75 Å². The summed E-state index contributed by atoms with van der Waals surface area (Å²) in [6, 6.07) is 2.08. The summed E-state index contributed by atoms with van der Waals surface area (Å²) >= 11 is 0. The molecular formula is C9H8F2O3. The number of carboxylic acids is 1. The maximum Gasteiger partial charge on any atom is 0.308 e. The monoisotopic (exact) mass is 202 g/mol. The highest BCUT2D eigenvalue weighted by atomic mass is 19.1. The zero-order valence-corrected chi connectivity index (χ0v) is 7.38. The van der Waals surface area contributed by atoms with Gasteiger partial charge in [0.25, 0.3) is 0 Å². The molecule has 0 aliphatic rings. The molecule has 1 rings (SSSR count). The summed E-state index contributed by atoms with van der Waals surface area (Å²) in [7, 11) is 1.22. The van der Waals surface area contributed by atoms with E-state index in [4.69, 9.17) is 5.11 Å². The SMILES string of the molecule is COc1ccc(F)c(CC(=O)O)c1F. The molecule has 1 N–H and O–H groups in total. The molecule has 0 unspecified atom stereocenters. The number of methoxy groups -OCH3 is 1. The summed E-state index contributed by atoms with van der Waals surface area (Å²) in [5.41, 5.74) is -0.489. The Bertz CT molecular complexity index is 363. The molecule has 0 fully saturated rings. The fraction of sp³-hybridized carbons (Fsp3) is 0.222. The summed E-state index contributed by atoms with van der Waals surface area (Å²) in [5, 5.41) is 8.41. The lowest BCUT2D eigenvalue weighted by Crippen LogP contribution is -2.06. The second kappa shape index (κ2) is 4.04. The van der Waals surface area contributed by atoms with E-state index in [0.717, 1.165) is 12.1 Å².